The molecule has 1 aliphatic carbocycles. The Balaban J connectivity index is 2.54. The van der Waals surface area contributed by atoms with Crippen LogP contribution in [-0.4, -0.2) is 6.54 Å². The van der Waals surface area contributed by atoms with Crippen LogP contribution in [0.3, 0.4) is 0 Å². The number of nitrogens with two attached hydrogens (primary N) is 2. The molecule has 1 atom stereocenters. The van der Waals surface area contributed by atoms with E-state index in [9.17, 15) is 0 Å². The van der Waals surface area contributed by atoms with Gasteiger partial charge in [0.25, 0.3) is 0 Å². The van der Waals surface area contributed by atoms with Crippen LogP contribution >= 0.6 is 0 Å². The zero-order chi connectivity index (χ0) is 12.5. The third kappa shape index (κ3) is 2.01. The molecular weight excluding hydrogens is 208 g/mol. The molecule has 0 saturated carbocycles. The predicted octanol–water partition coefficient (Wildman–Crippen LogP) is 2.68. The maximum atomic E-state index is 6.14. The lowest BCUT2D eigenvalue weighted by Crippen LogP contribution is -2.35. The van der Waals surface area contributed by atoms with Crippen molar-refractivity contribution in [1.82, 2.24) is 0 Å². The molecule has 0 radical (unpaired) electrons. The van der Waals surface area contributed by atoms with Crippen molar-refractivity contribution in [2.24, 2.45) is 5.73 Å². The summed E-state index contributed by atoms with van der Waals surface area (Å²) in [4.78, 5) is 0. The average molecular weight is 228 g/mol. The molecule has 0 fully saturated rings. The van der Waals surface area contributed by atoms with Gasteiger partial charge in [0.2, 0.25) is 0 Å². The number of allylic oxidation sites excluding steroid dienone is 3. The number of hydrogen-bond acceptors (Lipinski definition) is 2. The standard InChI is InChI=1S/C15H20N2/c1-11-6-8-15(10-16,9-7-11)14-12(2)4-3-5-13(14)17/h3-8H,9-10,16-17H2,1-2H3. The van der Waals surface area contributed by atoms with Crippen LogP contribution in [-0.2, 0) is 5.41 Å². The normalized spacial score (nSPS) is 23.6. The van der Waals surface area contributed by atoms with Gasteiger partial charge in [0.15, 0.2) is 0 Å². The first kappa shape index (κ1) is 11.9. The van der Waals surface area contributed by atoms with Crippen molar-refractivity contribution in [2.45, 2.75) is 25.7 Å². The van der Waals surface area contributed by atoms with Crippen LogP contribution < -0.4 is 11.5 Å². The van der Waals surface area contributed by atoms with E-state index in [2.05, 4.69) is 38.1 Å². The van der Waals surface area contributed by atoms with Crippen LogP contribution in [0.1, 0.15) is 24.5 Å². The van der Waals surface area contributed by atoms with Crippen LogP contribution in [0.2, 0.25) is 0 Å². The maximum Gasteiger partial charge on any atom is 0.0358 e. The molecule has 0 saturated heterocycles. The minimum Gasteiger partial charge on any atom is -0.398 e. The summed E-state index contributed by atoms with van der Waals surface area (Å²) in [5.41, 5.74) is 16.6. The molecule has 1 aromatic carbocycles. The minimum absolute atomic E-state index is 0.130. The van der Waals surface area contributed by atoms with E-state index in [4.69, 9.17) is 11.5 Å². The molecule has 17 heavy (non-hydrogen) atoms. The topological polar surface area (TPSA) is 52.0 Å². The van der Waals surface area contributed by atoms with E-state index in [1.807, 2.05) is 12.1 Å². The molecule has 0 spiro atoms. The molecule has 0 amide bonds. The van der Waals surface area contributed by atoms with Crippen molar-refractivity contribution >= 4 is 5.69 Å². The largest absolute Gasteiger partial charge is 0.398 e. The first-order chi connectivity index (χ1) is 8.09. The van der Waals surface area contributed by atoms with E-state index in [-0.39, 0.29) is 5.41 Å². The monoisotopic (exact) mass is 228 g/mol. The van der Waals surface area contributed by atoms with Crippen molar-refractivity contribution in [3.8, 4) is 0 Å². The second kappa shape index (κ2) is 4.38. The van der Waals surface area contributed by atoms with Gasteiger partial charge in [-0.05, 0) is 37.5 Å². The number of rotatable bonds is 2. The van der Waals surface area contributed by atoms with E-state index >= 15 is 0 Å². The Bertz CT molecular complexity index is 465. The summed E-state index contributed by atoms with van der Waals surface area (Å²) in [6.07, 6.45) is 7.52. The van der Waals surface area contributed by atoms with E-state index in [0.717, 1.165) is 12.1 Å². The van der Waals surface area contributed by atoms with Gasteiger partial charge in [-0.25, -0.2) is 0 Å². The highest BCUT2D eigenvalue weighted by Crippen LogP contribution is 2.38. The van der Waals surface area contributed by atoms with E-state index in [0.29, 0.717) is 6.54 Å². The summed E-state index contributed by atoms with van der Waals surface area (Å²) < 4.78 is 0. The Morgan fingerprint density at radius 3 is 2.59 bits per heavy atom. The summed E-state index contributed by atoms with van der Waals surface area (Å²) in [6, 6.07) is 6.05. The summed E-state index contributed by atoms with van der Waals surface area (Å²) in [7, 11) is 0. The lowest BCUT2D eigenvalue weighted by molar-refractivity contribution is 0.546. The number of aryl methyl sites for hydroxylation is 1. The molecule has 1 aromatic rings. The van der Waals surface area contributed by atoms with Crippen LogP contribution in [0, 0.1) is 6.92 Å². The van der Waals surface area contributed by atoms with Gasteiger partial charge in [-0.1, -0.05) is 35.9 Å². The second-order valence-electron chi connectivity index (χ2n) is 4.88. The predicted molar refractivity (Wildman–Crippen MR) is 73.8 cm³/mol. The third-order valence-electron chi connectivity index (χ3n) is 3.62. The van der Waals surface area contributed by atoms with E-state index in [1.165, 1.54) is 16.7 Å². The van der Waals surface area contributed by atoms with Gasteiger partial charge in [0, 0.05) is 17.6 Å². The van der Waals surface area contributed by atoms with Crippen molar-refractivity contribution in [2.75, 3.05) is 12.3 Å². The molecule has 2 nitrogen and oxygen atoms in total. The number of anilines is 1. The van der Waals surface area contributed by atoms with Gasteiger partial charge < -0.3 is 11.5 Å². The molecule has 2 heteroatoms. The van der Waals surface area contributed by atoms with Crippen LogP contribution in [0.5, 0.6) is 0 Å². The van der Waals surface area contributed by atoms with Crippen molar-refractivity contribution < 1.29 is 0 Å². The Hall–Kier alpha value is -1.54. The van der Waals surface area contributed by atoms with Crippen LogP contribution in [0.4, 0.5) is 5.69 Å². The summed E-state index contributed by atoms with van der Waals surface area (Å²) >= 11 is 0. The fraction of sp³-hybridized carbons (Fsp3) is 0.333. The lowest BCUT2D eigenvalue weighted by Gasteiger charge is -2.33. The van der Waals surface area contributed by atoms with Crippen molar-refractivity contribution in [1.29, 1.82) is 0 Å². The van der Waals surface area contributed by atoms with Crippen molar-refractivity contribution in [3.05, 3.63) is 53.1 Å². The smallest absolute Gasteiger partial charge is 0.0358 e. The average Bonchev–Trinajstić information content (AvgIpc) is 2.32. The molecule has 0 aromatic heterocycles. The zero-order valence-electron chi connectivity index (χ0n) is 10.5. The number of nitrogen functional groups attached to an aromatic ring is 1. The van der Waals surface area contributed by atoms with Crippen molar-refractivity contribution in [3.63, 3.8) is 0 Å². The lowest BCUT2D eigenvalue weighted by atomic mass is 9.72. The summed E-state index contributed by atoms with van der Waals surface area (Å²) in [5.74, 6) is 0. The van der Waals surface area contributed by atoms with Gasteiger partial charge in [0.1, 0.15) is 0 Å². The molecule has 2 rings (SSSR count). The quantitative estimate of drug-likeness (QED) is 0.765. The van der Waals surface area contributed by atoms with Gasteiger partial charge in [-0.2, -0.15) is 0 Å². The number of hydrogen-bond donors (Lipinski definition) is 2. The van der Waals surface area contributed by atoms with Crippen LogP contribution in [0.25, 0.3) is 0 Å². The SMILES string of the molecule is CC1=CCC(CN)(c2c(C)cccc2N)C=C1. The molecule has 1 aliphatic rings. The highest BCUT2D eigenvalue weighted by molar-refractivity contribution is 5.58. The highest BCUT2D eigenvalue weighted by atomic mass is 14.6. The Kier molecular flexibility index (Phi) is 3.07. The van der Waals surface area contributed by atoms with Gasteiger partial charge >= 0.3 is 0 Å². The molecule has 0 aliphatic heterocycles. The summed E-state index contributed by atoms with van der Waals surface area (Å²) in [6.45, 7) is 4.79. The molecule has 0 bridgehead atoms. The molecule has 90 valence electrons. The Labute approximate surface area is 103 Å². The molecular formula is C15H20N2. The molecule has 4 N–H and O–H groups in total. The Morgan fingerprint density at radius 2 is 2.06 bits per heavy atom. The van der Waals surface area contributed by atoms with Crippen LogP contribution in [0.15, 0.2) is 42.0 Å². The Morgan fingerprint density at radius 1 is 1.29 bits per heavy atom. The van der Waals surface area contributed by atoms with Gasteiger partial charge in [0.05, 0.1) is 0 Å². The first-order valence-electron chi connectivity index (χ1n) is 6.01. The fourth-order valence-corrected chi connectivity index (χ4v) is 2.58. The maximum absolute atomic E-state index is 6.14. The fourth-order valence-electron chi connectivity index (χ4n) is 2.58. The molecule has 0 heterocycles. The zero-order valence-corrected chi connectivity index (χ0v) is 10.5. The van der Waals surface area contributed by atoms with E-state index < -0.39 is 0 Å². The summed E-state index contributed by atoms with van der Waals surface area (Å²) in [5, 5.41) is 0. The van der Waals surface area contributed by atoms with E-state index in [1.54, 1.807) is 0 Å². The number of benzene rings is 1. The first-order valence-corrected chi connectivity index (χ1v) is 6.01. The second-order valence-corrected chi connectivity index (χ2v) is 4.88. The molecule has 1 unspecified atom stereocenters. The van der Waals surface area contributed by atoms with Gasteiger partial charge in [-0.3, -0.25) is 0 Å². The minimum atomic E-state index is -0.130. The van der Waals surface area contributed by atoms with Gasteiger partial charge in [-0.15, -0.1) is 0 Å². The highest BCUT2D eigenvalue weighted by Gasteiger charge is 2.31. The third-order valence-corrected chi connectivity index (χ3v) is 3.62.